The van der Waals surface area contributed by atoms with E-state index in [1.807, 2.05) is 30.3 Å². The lowest BCUT2D eigenvalue weighted by molar-refractivity contribution is -0.123. The molecule has 5 heteroatoms. The van der Waals surface area contributed by atoms with Crippen LogP contribution in [0.1, 0.15) is 25.8 Å². The van der Waals surface area contributed by atoms with Gasteiger partial charge in [0.25, 0.3) is 0 Å². The molecule has 1 aliphatic heterocycles. The van der Waals surface area contributed by atoms with Gasteiger partial charge in [-0.15, -0.1) is 0 Å². The molecule has 1 aliphatic rings. The van der Waals surface area contributed by atoms with E-state index in [0.29, 0.717) is 18.5 Å². The van der Waals surface area contributed by atoms with Crippen molar-refractivity contribution in [3.63, 3.8) is 0 Å². The first-order chi connectivity index (χ1) is 10.6. The molecule has 2 atom stereocenters. The van der Waals surface area contributed by atoms with Crippen LogP contribution >= 0.6 is 0 Å². The normalized spacial score (nSPS) is 21.4. The zero-order valence-corrected chi connectivity index (χ0v) is 13.0. The maximum absolute atomic E-state index is 12.3. The summed E-state index contributed by atoms with van der Waals surface area (Å²) in [5, 5.41) is 4.11. The monoisotopic (exact) mass is 298 g/mol. The SMILES string of the molecule is CC(C)C1CC(C(=O)NCc2ccnc3ccccc23)NN1. The minimum absolute atomic E-state index is 0.0385. The second kappa shape index (κ2) is 6.42. The summed E-state index contributed by atoms with van der Waals surface area (Å²) in [5.74, 6) is 0.547. The number of hydrazine groups is 1. The summed E-state index contributed by atoms with van der Waals surface area (Å²) >= 11 is 0. The van der Waals surface area contributed by atoms with Crippen molar-refractivity contribution >= 4 is 16.8 Å². The molecule has 3 N–H and O–H groups in total. The standard InChI is InChI=1S/C17H22N4O/c1-11(2)15-9-16(21-20-15)17(22)19-10-12-7-8-18-14-6-4-3-5-13(12)14/h3-8,11,15-16,20-21H,9-10H2,1-2H3,(H,19,22). The van der Waals surface area contributed by atoms with Gasteiger partial charge in [0, 0.05) is 24.2 Å². The number of benzene rings is 1. The highest BCUT2D eigenvalue weighted by atomic mass is 16.2. The van der Waals surface area contributed by atoms with Crippen molar-refractivity contribution in [2.24, 2.45) is 5.92 Å². The Morgan fingerprint density at radius 1 is 1.32 bits per heavy atom. The van der Waals surface area contributed by atoms with Crippen LogP contribution in [0.5, 0.6) is 0 Å². The first-order valence-corrected chi connectivity index (χ1v) is 7.76. The first-order valence-electron chi connectivity index (χ1n) is 7.76. The molecule has 1 fully saturated rings. The molecule has 2 aromatic rings. The Morgan fingerprint density at radius 3 is 2.91 bits per heavy atom. The van der Waals surface area contributed by atoms with Gasteiger partial charge in [0.05, 0.1) is 5.52 Å². The molecular weight excluding hydrogens is 276 g/mol. The van der Waals surface area contributed by atoms with Gasteiger partial charge in [-0.05, 0) is 30.0 Å². The number of aromatic nitrogens is 1. The van der Waals surface area contributed by atoms with Crippen molar-refractivity contribution in [1.82, 2.24) is 21.2 Å². The zero-order chi connectivity index (χ0) is 15.5. The van der Waals surface area contributed by atoms with E-state index < -0.39 is 0 Å². The molecule has 22 heavy (non-hydrogen) atoms. The largest absolute Gasteiger partial charge is 0.351 e. The molecule has 0 spiro atoms. The smallest absolute Gasteiger partial charge is 0.238 e. The lowest BCUT2D eigenvalue weighted by Crippen LogP contribution is -2.43. The predicted molar refractivity (Wildman–Crippen MR) is 86.9 cm³/mol. The lowest BCUT2D eigenvalue weighted by atomic mass is 9.99. The van der Waals surface area contributed by atoms with Crippen molar-refractivity contribution in [1.29, 1.82) is 0 Å². The number of amides is 1. The van der Waals surface area contributed by atoms with Crippen molar-refractivity contribution in [3.05, 3.63) is 42.1 Å². The molecule has 0 saturated carbocycles. The van der Waals surface area contributed by atoms with E-state index in [0.717, 1.165) is 22.9 Å². The minimum atomic E-state index is -0.166. The fourth-order valence-electron chi connectivity index (χ4n) is 2.81. The molecule has 5 nitrogen and oxygen atoms in total. The number of hydrogen-bond acceptors (Lipinski definition) is 4. The third-order valence-electron chi connectivity index (χ3n) is 4.25. The first kappa shape index (κ1) is 14.9. The highest BCUT2D eigenvalue weighted by Crippen LogP contribution is 2.17. The maximum atomic E-state index is 12.3. The van der Waals surface area contributed by atoms with Crippen molar-refractivity contribution in [2.45, 2.75) is 38.9 Å². The number of nitrogens with one attached hydrogen (secondary N) is 3. The minimum Gasteiger partial charge on any atom is -0.351 e. The molecule has 1 aromatic heterocycles. The molecule has 116 valence electrons. The van der Waals surface area contributed by atoms with E-state index in [1.165, 1.54) is 0 Å². The average Bonchev–Trinajstić information content (AvgIpc) is 3.03. The number of pyridine rings is 1. The van der Waals surface area contributed by atoms with Gasteiger partial charge in [-0.3, -0.25) is 15.2 Å². The van der Waals surface area contributed by atoms with E-state index in [2.05, 4.69) is 35.0 Å². The zero-order valence-electron chi connectivity index (χ0n) is 13.0. The molecule has 1 amide bonds. The van der Waals surface area contributed by atoms with E-state index in [4.69, 9.17) is 0 Å². The second-order valence-electron chi connectivity index (χ2n) is 6.13. The van der Waals surface area contributed by atoms with Gasteiger partial charge < -0.3 is 5.32 Å². The third-order valence-corrected chi connectivity index (χ3v) is 4.25. The Labute approximate surface area is 130 Å². The number of carbonyl (C=O) groups is 1. The van der Waals surface area contributed by atoms with Crippen LogP contribution in [-0.2, 0) is 11.3 Å². The van der Waals surface area contributed by atoms with Crippen LogP contribution in [0.25, 0.3) is 10.9 Å². The Balaban J connectivity index is 1.63. The van der Waals surface area contributed by atoms with Gasteiger partial charge >= 0.3 is 0 Å². The highest BCUT2D eigenvalue weighted by Gasteiger charge is 2.30. The van der Waals surface area contributed by atoms with Crippen LogP contribution in [-0.4, -0.2) is 23.0 Å². The van der Waals surface area contributed by atoms with Gasteiger partial charge in [-0.1, -0.05) is 32.0 Å². The Kier molecular flexibility index (Phi) is 4.36. The van der Waals surface area contributed by atoms with Crippen LogP contribution in [0, 0.1) is 5.92 Å². The molecular formula is C17H22N4O. The lowest BCUT2D eigenvalue weighted by Gasteiger charge is -2.13. The molecule has 2 unspecified atom stereocenters. The molecule has 2 heterocycles. The second-order valence-corrected chi connectivity index (χ2v) is 6.13. The van der Waals surface area contributed by atoms with Crippen molar-refractivity contribution in [2.75, 3.05) is 0 Å². The van der Waals surface area contributed by atoms with Crippen LogP contribution in [0.3, 0.4) is 0 Å². The molecule has 0 radical (unpaired) electrons. The van der Waals surface area contributed by atoms with Crippen molar-refractivity contribution < 1.29 is 4.79 Å². The number of hydrogen-bond donors (Lipinski definition) is 3. The quantitative estimate of drug-likeness (QED) is 0.804. The molecule has 0 bridgehead atoms. The van der Waals surface area contributed by atoms with E-state index in [1.54, 1.807) is 6.20 Å². The van der Waals surface area contributed by atoms with Crippen molar-refractivity contribution in [3.8, 4) is 0 Å². The van der Waals surface area contributed by atoms with Gasteiger partial charge in [-0.2, -0.15) is 0 Å². The van der Waals surface area contributed by atoms with Crippen LogP contribution in [0.2, 0.25) is 0 Å². The molecule has 1 aromatic carbocycles. The van der Waals surface area contributed by atoms with Crippen LogP contribution in [0.4, 0.5) is 0 Å². The summed E-state index contributed by atoms with van der Waals surface area (Å²) in [5.41, 5.74) is 8.32. The number of nitrogens with zero attached hydrogens (tertiary/aromatic N) is 1. The molecule has 3 rings (SSSR count). The summed E-state index contributed by atoms with van der Waals surface area (Å²) < 4.78 is 0. The fraction of sp³-hybridized carbons (Fsp3) is 0.412. The summed E-state index contributed by atoms with van der Waals surface area (Å²) in [6.45, 7) is 4.83. The van der Waals surface area contributed by atoms with Gasteiger partial charge in [0.2, 0.25) is 5.91 Å². The number of carbonyl (C=O) groups excluding carboxylic acids is 1. The molecule has 1 saturated heterocycles. The topological polar surface area (TPSA) is 66.0 Å². The van der Waals surface area contributed by atoms with E-state index in [9.17, 15) is 4.79 Å². The summed E-state index contributed by atoms with van der Waals surface area (Å²) in [4.78, 5) is 16.6. The fourth-order valence-corrected chi connectivity index (χ4v) is 2.81. The number of fused-ring (bicyclic) bond motifs is 1. The van der Waals surface area contributed by atoms with Gasteiger partial charge in [-0.25, -0.2) is 5.43 Å². The average molecular weight is 298 g/mol. The predicted octanol–water partition coefficient (Wildman–Crippen LogP) is 1.74. The van der Waals surface area contributed by atoms with Gasteiger partial charge in [0.15, 0.2) is 0 Å². The number of para-hydroxylation sites is 1. The Hall–Kier alpha value is -1.98. The maximum Gasteiger partial charge on any atom is 0.238 e. The summed E-state index contributed by atoms with van der Waals surface area (Å²) in [7, 11) is 0. The Morgan fingerprint density at radius 2 is 2.14 bits per heavy atom. The summed E-state index contributed by atoms with van der Waals surface area (Å²) in [6.07, 6.45) is 2.61. The third kappa shape index (κ3) is 3.10. The number of rotatable bonds is 4. The van der Waals surface area contributed by atoms with Crippen LogP contribution in [0.15, 0.2) is 36.5 Å². The van der Waals surface area contributed by atoms with E-state index in [-0.39, 0.29) is 11.9 Å². The van der Waals surface area contributed by atoms with Crippen LogP contribution < -0.4 is 16.2 Å². The molecule has 0 aliphatic carbocycles. The summed E-state index contributed by atoms with van der Waals surface area (Å²) in [6, 6.07) is 10.1. The highest BCUT2D eigenvalue weighted by molar-refractivity contribution is 5.84. The van der Waals surface area contributed by atoms with E-state index >= 15 is 0 Å². The van der Waals surface area contributed by atoms with Gasteiger partial charge in [0.1, 0.15) is 6.04 Å². The Bertz CT molecular complexity index is 665.